The van der Waals surface area contributed by atoms with E-state index in [1.54, 1.807) is 21.9 Å². The molecule has 6 nitrogen and oxygen atoms in total. The van der Waals surface area contributed by atoms with Crippen molar-refractivity contribution in [2.45, 2.75) is 58.0 Å². The molecule has 1 heterocycles. The van der Waals surface area contributed by atoms with Crippen molar-refractivity contribution < 1.29 is 14.4 Å². The molecule has 0 spiro atoms. The Morgan fingerprint density at radius 2 is 1.59 bits per heavy atom. The van der Waals surface area contributed by atoms with Crippen LogP contribution in [-0.2, 0) is 16.1 Å². The predicted molar refractivity (Wildman–Crippen MR) is 124 cm³/mol. The maximum atomic E-state index is 12.6. The highest BCUT2D eigenvalue weighted by Gasteiger charge is 2.37. The highest BCUT2D eigenvalue weighted by atomic mass is 16.2. The molecule has 1 aliphatic carbocycles. The molecule has 0 unspecified atom stereocenters. The first-order valence-corrected chi connectivity index (χ1v) is 11.5. The number of benzene rings is 2. The average molecular weight is 434 g/mol. The third kappa shape index (κ3) is 4.85. The zero-order valence-corrected chi connectivity index (χ0v) is 18.8. The number of piperazine rings is 1. The summed E-state index contributed by atoms with van der Waals surface area (Å²) >= 11 is 0. The van der Waals surface area contributed by atoms with Crippen molar-refractivity contribution in [1.29, 1.82) is 0 Å². The van der Waals surface area contributed by atoms with E-state index in [-0.39, 0.29) is 17.9 Å². The monoisotopic (exact) mass is 433 g/mol. The number of rotatable bonds is 6. The smallest absolute Gasteiger partial charge is 0.312 e. The lowest BCUT2D eigenvalue weighted by Crippen LogP contribution is -2.56. The molecular weight excluding hydrogens is 402 g/mol. The molecule has 0 radical (unpaired) electrons. The minimum atomic E-state index is -0.421. The largest absolute Gasteiger partial charge is 0.330 e. The highest BCUT2D eigenvalue weighted by Crippen LogP contribution is 2.25. The number of nitrogens with one attached hydrogen (secondary N) is 1. The van der Waals surface area contributed by atoms with Crippen LogP contribution < -0.4 is 5.32 Å². The molecule has 0 bridgehead atoms. The van der Waals surface area contributed by atoms with E-state index in [2.05, 4.69) is 19.2 Å². The Hall–Kier alpha value is -3.15. The van der Waals surface area contributed by atoms with Crippen molar-refractivity contribution in [2.75, 3.05) is 18.4 Å². The van der Waals surface area contributed by atoms with Crippen LogP contribution in [0.2, 0.25) is 0 Å². The average Bonchev–Trinajstić information content (AvgIpc) is 3.32. The van der Waals surface area contributed by atoms with Crippen LogP contribution in [0.3, 0.4) is 0 Å². The lowest BCUT2D eigenvalue weighted by Gasteiger charge is -2.37. The zero-order chi connectivity index (χ0) is 22.7. The first-order valence-electron chi connectivity index (χ1n) is 11.5. The number of hydrogen-bond acceptors (Lipinski definition) is 3. The van der Waals surface area contributed by atoms with E-state index in [1.807, 2.05) is 36.4 Å². The molecule has 0 atom stereocenters. The summed E-state index contributed by atoms with van der Waals surface area (Å²) in [5, 5.41) is 2.92. The molecule has 168 valence electrons. The van der Waals surface area contributed by atoms with Gasteiger partial charge in [0.05, 0.1) is 0 Å². The molecule has 6 heteroatoms. The van der Waals surface area contributed by atoms with Crippen LogP contribution in [0.25, 0.3) is 0 Å². The number of carbonyl (C=O) groups excluding carboxylic acids is 3. The van der Waals surface area contributed by atoms with Gasteiger partial charge in [0.15, 0.2) is 0 Å². The second kappa shape index (κ2) is 9.55. The number of hydrogen-bond donors (Lipinski definition) is 1. The topological polar surface area (TPSA) is 69.7 Å². The van der Waals surface area contributed by atoms with Gasteiger partial charge in [0.25, 0.3) is 5.91 Å². The summed E-state index contributed by atoms with van der Waals surface area (Å²) in [6.07, 6.45) is 4.28. The second-order valence-corrected chi connectivity index (χ2v) is 9.09. The minimum absolute atomic E-state index is 0.176. The van der Waals surface area contributed by atoms with Gasteiger partial charge in [-0.25, -0.2) is 0 Å². The highest BCUT2D eigenvalue weighted by molar-refractivity contribution is 6.35. The quantitative estimate of drug-likeness (QED) is 0.695. The molecule has 2 aromatic rings. The molecule has 1 aliphatic heterocycles. The predicted octanol–water partition coefficient (Wildman–Crippen LogP) is 4.18. The van der Waals surface area contributed by atoms with Crippen molar-refractivity contribution in [3.05, 3.63) is 65.2 Å². The molecular formula is C26H31N3O3. The molecule has 1 N–H and O–H groups in total. The van der Waals surface area contributed by atoms with Gasteiger partial charge < -0.3 is 15.1 Å². The van der Waals surface area contributed by atoms with E-state index in [4.69, 9.17) is 0 Å². The molecule has 0 aromatic heterocycles. The van der Waals surface area contributed by atoms with E-state index >= 15 is 0 Å². The van der Waals surface area contributed by atoms with Crippen molar-refractivity contribution in [2.24, 2.45) is 0 Å². The summed E-state index contributed by atoms with van der Waals surface area (Å²) in [4.78, 5) is 41.1. The molecule has 1 saturated heterocycles. The molecule has 2 aromatic carbocycles. The van der Waals surface area contributed by atoms with Crippen LogP contribution in [-0.4, -0.2) is 46.7 Å². The third-order valence-corrected chi connectivity index (χ3v) is 6.53. The number of anilines is 1. The molecule has 3 amide bonds. The SMILES string of the molecule is CC(C)c1ccc(NC(=O)c2ccc(CN3CCN(C4CCCC4)C(=O)C3=O)cc2)cc1. The molecule has 4 rings (SSSR count). The summed E-state index contributed by atoms with van der Waals surface area (Å²) in [5.41, 5.74) is 3.44. The van der Waals surface area contributed by atoms with Crippen molar-refractivity contribution in [1.82, 2.24) is 9.80 Å². The Morgan fingerprint density at radius 1 is 0.938 bits per heavy atom. The summed E-state index contributed by atoms with van der Waals surface area (Å²) in [5.74, 6) is -0.525. The van der Waals surface area contributed by atoms with Crippen LogP contribution in [0, 0.1) is 0 Å². The number of nitrogens with zero attached hydrogens (tertiary/aromatic N) is 2. The van der Waals surface area contributed by atoms with Gasteiger partial charge in [0.2, 0.25) is 0 Å². The van der Waals surface area contributed by atoms with E-state index in [1.165, 1.54) is 5.56 Å². The second-order valence-electron chi connectivity index (χ2n) is 9.09. The number of carbonyl (C=O) groups is 3. The first kappa shape index (κ1) is 22.1. The van der Waals surface area contributed by atoms with Crippen LogP contribution >= 0.6 is 0 Å². The summed E-state index contributed by atoms with van der Waals surface area (Å²) in [7, 11) is 0. The Labute approximate surface area is 189 Å². The fourth-order valence-electron chi connectivity index (χ4n) is 4.54. The summed E-state index contributed by atoms with van der Waals surface area (Å²) in [6, 6.07) is 15.3. The molecule has 2 fully saturated rings. The van der Waals surface area contributed by atoms with E-state index in [0.717, 1.165) is 36.9 Å². The van der Waals surface area contributed by atoms with Crippen molar-refractivity contribution >= 4 is 23.4 Å². The van der Waals surface area contributed by atoms with Gasteiger partial charge in [0, 0.05) is 36.9 Å². The fourth-order valence-corrected chi connectivity index (χ4v) is 4.54. The molecule has 2 aliphatic rings. The first-order chi connectivity index (χ1) is 15.4. The summed E-state index contributed by atoms with van der Waals surface area (Å²) in [6.45, 7) is 5.80. The maximum Gasteiger partial charge on any atom is 0.312 e. The minimum Gasteiger partial charge on any atom is -0.330 e. The van der Waals surface area contributed by atoms with E-state index in [0.29, 0.717) is 31.1 Å². The van der Waals surface area contributed by atoms with Gasteiger partial charge in [-0.15, -0.1) is 0 Å². The maximum absolute atomic E-state index is 12.6. The fraction of sp³-hybridized carbons (Fsp3) is 0.423. The van der Waals surface area contributed by atoms with Gasteiger partial charge >= 0.3 is 11.8 Å². The van der Waals surface area contributed by atoms with E-state index < -0.39 is 5.91 Å². The Morgan fingerprint density at radius 3 is 2.22 bits per heavy atom. The van der Waals surface area contributed by atoms with Gasteiger partial charge in [-0.3, -0.25) is 14.4 Å². The van der Waals surface area contributed by atoms with E-state index in [9.17, 15) is 14.4 Å². The standard InChI is InChI=1S/C26H31N3O3/c1-18(2)20-11-13-22(14-12-20)27-24(30)21-9-7-19(8-10-21)17-28-15-16-29(26(32)25(28)31)23-5-3-4-6-23/h7-14,18,23H,3-6,15-17H2,1-2H3,(H,27,30). The van der Waals surface area contributed by atoms with Gasteiger partial charge in [0.1, 0.15) is 0 Å². The van der Waals surface area contributed by atoms with Crippen LogP contribution in [0.15, 0.2) is 48.5 Å². The summed E-state index contributed by atoms with van der Waals surface area (Å²) < 4.78 is 0. The van der Waals surface area contributed by atoms with Crippen LogP contribution in [0.5, 0.6) is 0 Å². The van der Waals surface area contributed by atoms with Gasteiger partial charge in [-0.1, -0.05) is 51.0 Å². The van der Waals surface area contributed by atoms with Crippen molar-refractivity contribution in [3.63, 3.8) is 0 Å². The van der Waals surface area contributed by atoms with Crippen LogP contribution in [0.4, 0.5) is 5.69 Å². The number of amides is 3. The van der Waals surface area contributed by atoms with Gasteiger partial charge in [-0.05, 0) is 54.2 Å². The van der Waals surface area contributed by atoms with Crippen LogP contribution in [0.1, 0.15) is 66.9 Å². The van der Waals surface area contributed by atoms with Gasteiger partial charge in [-0.2, -0.15) is 0 Å². The normalized spacial score (nSPS) is 17.3. The molecule has 32 heavy (non-hydrogen) atoms. The molecule has 1 saturated carbocycles. The lowest BCUT2D eigenvalue weighted by molar-refractivity contribution is -0.158. The Kier molecular flexibility index (Phi) is 6.58. The third-order valence-electron chi connectivity index (χ3n) is 6.53. The Bertz CT molecular complexity index is 976. The zero-order valence-electron chi connectivity index (χ0n) is 18.8. The van der Waals surface area contributed by atoms with Crippen molar-refractivity contribution in [3.8, 4) is 0 Å². The lowest BCUT2D eigenvalue weighted by atomic mass is 10.0. The Balaban J connectivity index is 1.34.